The summed E-state index contributed by atoms with van der Waals surface area (Å²) < 4.78 is 38.3. The molecule has 2 rings (SSSR count). The lowest BCUT2D eigenvalue weighted by Gasteiger charge is -2.29. The molecule has 136 valence electrons. The average molecular weight is 365 g/mol. The number of halogens is 4. The Morgan fingerprint density at radius 2 is 1.96 bits per heavy atom. The lowest BCUT2D eigenvalue weighted by atomic mass is 9.93. The summed E-state index contributed by atoms with van der Waals surface area (Å²) in [6.45, 7) is 2.16. The van der Waals surface area contributed by atoms with Crippen LogP contribution in [0.3, 0.4) is 0 Å². The van der Waals surface area contributed by atoms with Crippen LogP contribution in [0.25, 0.3) is 0 Å². The van der Waals surface area contributed by atoms with E-state index in [-0.39, 0.29) is 36.2 Å². The molecule has 1 amide bonds. The highest BCUT2D eigenvalue weighted by atomic mass is 35.5. The van der Waals surface area contributed by atoms with Crippen LogP contribution in [0, 0.1) is 0 Å². The summed E-state index contributed by atoms with van der Waals surface area (Å²) in [6, 6.07) is 5.16. The molecular weight excluding hydrogens is 341 g/mol. The highest BCUT2D eigenvalue weighted by Crippen LogP contribution is 2.32. The molecule has 1 aromatic rings. The van der Waals surface area contributed by atoms with Gasteiger partial charge in [-0.3, -0.25) is 4.79 Å². The van der Waals surface area contributed by atoms with Crippen LogP contribution in [-0.2, 0) is 11.0 Å². The zero-order valence-electron chi connectivity index (χ0n) is 13.7. The Morgan fingerprint density at radius 3 is 2.50 bits per heavy atom. The van der Waals surface area contributed by atoms with Crippen molar-refractivity contribution >= 4 is 18.3 Å². The third-order valence-corrected chi connectivity index (χ3v) is 4.63. The molecule has 1 aliphatic rings. The number of benzene rings is 1. The predicted octanol–water partition coefficient (Wildman–Crippen LogP) is 4.01. The van der Waals surface area contributed by atoms with Gasteiger partial charge >= 0.3 is 6.18 Å². The fourth-order valence-corrected chi connectivity index (χ4v) is 3.20. The molecule has 0 spiro atoms. The number of alkyl halides is 3. The minimum absolute atomic E-state index is 0. The van der Waals surface area contributed by atoms with Crippen molar-refractivity contribution < 1.29 is 18.0 Å². The van der Waals surface area contributed by atoms with Gasteiger partial charge in [0, 0.05) is 13.0 Å². The van der Waals surface area contributed by atoms with Crippen molar-refractivity contribution in [3.63, 3.8) is 0 Å². The number of carbonyl (C=O) groups is 1. The molecule has 1 saturated carbocycles. The number of rotatable bonds is 5. The maximum atomic E-state index is 12.8. The van der Waals surface area contributed by atoms with E-state index in [0.717, 1.165) is 37.8 Å². The summed E-state index contributed by atoms with van der Waals surface area (Å²) >= 11 is 0. The lowest BCUT2D eigenvalue weighted by molar-refractivity contribution is -0.137. The van der Waals surface area contributed by atoms with E-state index >= 15 is 0 Å². The molecule has 1 fully saturated rings. The van der Waals surface area contributed by atoms with Crippen LogP contribution in [0.5, 0.6) is 0 Å². The minimum atomic E-state index is -4.37. The van der Waals surface area contributed by atoms with Gasteiger partial charge in [0.25, 0.3) is 0 Å². The number of hydrogen-bond acceptors (Lipinski definition) is 2. The van der Waals surface area contributed by atoms with Crippen molar-refractivity contribution in [1.82, 2.24) is 5.32 Å². The SMILES string of the molecule is CC(CC(=O)NC1(CN)CCCC1)c1cccc(C(F)(F)F)c1.Cl. The molecule has 1 unspecified atom stereocenters. The molecule has 24 heavy (non-hydrogen) atoms. The predicted molar refractivity (Wildman–Crippen MR) is 90.1 cm³/mol. The van der Waals surface area contributed by atoms with E-state index in [0.29, 0.717) is 12.1 Å². The zero-order valence-corrected chi connectivity index (χ0v) is 14.5. The Bertz CT molecular complexity index is 557. The first-order chi connectivity index (χ1) is 10.8. The summed E-state index contributed by atoms with van der Waals surface area (Å²) in [7, 11) is 0. The molecule has 1 atom stereocenters. The van der Waals surface area contributed by atoms with Crippen molar-refractivity contribution in [3.05, 3.63) is 35.4 Å². The van der Waals surface area contributed by atoms with Gasteiger partial charge in [-0.2, -0.15) is 13.2 Å². The van der Waals surface area contributed by atoms with E-state index in [1.165, 1.54) is 6.07 Å². The van der Waals surface area contributed by atoms with Gasteiger partial charge in [-0.25, -0.2) is 0 Å². The third kappa shape index (κ3) is 5.11. The molecule has 1 aliphatic carbocycles. The molecular formula is C17H24ClF3N2O. The van der Waals surface area contributed by atoms with Crippen molar-refractivity contribution in [2.45, 2.75) is 56.7 Å². The van der Waals surface area contributed by atoms with Crippen LogP contribution in [0.15, 0.2) is 24.3 Å². The van der Waals surface area contributed by atoms with E-state index < -0.39 is 11.7 Å². The highest BCUT2D eigenvalue weighted by molar-refractivity contribution is 5.85. The number of carbonyl (C=O) groups excluding carboxylic acids is 1. The van der Waals surface area contributed by atoms with Gasteiger partial charge in [-0.15, -0.1) is 12.4 Å². The van der Waals surface area contributed by atoms with Gasteiger partial charge in [0.05, 0.1) is 11.1 Å². The fraction of sp³-hybridized carbons (Fsp3) is 0.588. The van der Waals surface area contributed by atoms with Crippen molar-refractivity contribution in [2.75, 3.05) is 6.54 Å². The second kappa shape index (κ2) is 8.21. The molecule has 0 saturated heterocycles. The number of amides is 1. The van der Waals surface area contributed by atoms with Crippen molar-refractivity contribution in [1.29, 1.82) is 0 Å². The van der Waals surface area contributed by atoms with Gasteiger partial charge in [0.2, 0.25) is 5.91 Å². The van der Waals surface area contributed by atoms with Crippen LogP contribution >= 0.6 is 12.4 Å². The quantitative estimate of drug-likeness (QED) is 0.829. The second-order valence-electron chi connectivity index (χ2n) is 6.47. The third-order valence-electron chi connectivity index (χ3n) is 4.63. The summed E-state index contributed by atoms with van der Waals surface area (Å²) in [4.78, 5) is 12.2. The molecule has 7 heteroatoms. The van der Waals surface area contributed by atoms with Gasteiger partial charge in [0.1, 0.15) is 0 Å². The van der Waals surface area contributed by atoms with E-state index in [9.17, 15) is 18.0 Å². The van der Waals surface area contributed by atoms with E-state index in [2.05, 4.69) is 5.32 Å². The molecule has 0 heterocycles. The Hall–Kier alpha value is -1.27. The van der Waals surface area contributed by atoms with E-state index in [1.54, 1.807) is 13.0 Å². The van der Waals surface area contributed by atoms with Gasteiger partial charge in [-0.05, 0) is 30.4 Å². The standard InChI is InChI=1S/C17H23F3N2O.ClH/c1-12(13-5-4-6-14(10-13)17(18,19)20)9-15(23)22-16(11-21)7-2-3-8-16;/h4-6,10,12H,2-3,7-9,11,21H2,1H3,(H,22,23);1H. The Morgan fingerprint density at radius 1 is 1.33 bits per heavy atom. The van der Waals surface area contributed by atoms with Crippen LogP contribution in [0.2, 0.25) is 0 Å². The Kier molecular flexibility index (Phi) is 7.10. The molecule has 3 N–H and O–H groups in total. The van der Waals surface area contributed by atoms with Crippen LogP contribution < -0.4 is 11.1 Å². The van der Waals surface area contributed by atoms with Crippen LogP contribution in [0.1, 0.15) is 56.1 Å². The summed E-state index contributed by atoms with van der Waals surface area (Å²) in [5, 5.41) is 3.00. The maximum Gasteiger partial charge on any atom is 0.416 e. The second-order valence-corrected chi connectivity index (χ2v) is 6.47. The first-order valence-corrected chi connectivity index (χ1v) is 7.94. The van der Waals surface area contributed by atoms with Crippen molar-refractivity contribution in [2.24, 2.45) is 5.73 Å². The number of nitrogens with one attached hydrogen (secondary N) is 1. The smallest absolute Gasteiger partial charge is 0.349 e. The monoisotopic (exact) mass is 364 g/mol. The normalized spacial score (nSPS) is 17.9. The minimum Gasteiger partial charge on any atom is -0.349 e. The molecule has 1 aromatic carbocycles. The van der Waals surface area contributed by atoms with E-state index in [1.807, 2.05) is 0 Å². The lowest BCUT2D eigenvalue weighted by Crippen LogP contribution is -2.51. The number of hydrogen-bond donors (Lipinski definition) is 2. The Balaban J connectivity index is 0.00000288. The topological polar surface area (TPSA) is 55.1 Å². The molecule has 0 aromatic heterocycles. The molecule has 3 nitrogen and oxygen atoms in total. The van der Waals surface area contributed by atoms with Gasteiger partial charge in [-0.1, -0.05) is 38.0 Å². The number of nitrogens with two attached hydrogens (primary N) is 1. The first-order valence-electron chi connectivity index (χ1n) is 7.94. The fourth-order valence-electron chi connectivity index (χ4n) is 3.20. The van der Waals surface area contributed by atoms with Gasteiger partial charge < -0.3 is 11.1 Å². The largest absolute Gasteiger partial charge is 0.416 e. The summed E-state index contributed by atoms with van der Waals surface area (Å²) in [6.07, 6.45) is -0.393. The van der Waals surface area contributed by atoms with Crippen LogP contribution in [0.4, 0.5) is 13.2 Å². The molecule has 0 aliphatic heterocycles. The van der Waals surface area contributed by atoms with Gasteiger partial charge in [0.15, 0.2) is 0 Å². The summed E-state index contributed by atoms with van der Waals surface area (Å²) in [5.74, 6) is -0.434. The molecule has 0 radical (unpaired) electrons. The van der Waals surface area contributed by atoms with E-state index in [4.69, 9.17) is 5.73 Å². The average Bonchev–Trinajstić information content (AvgIpc) is 2.95. The maximum absolute atomic E-state index is 12.8. The molecule has 0 bridgehead atoms. The highest BCUT2D eigenvalue weighted by Gasteiger charge is 2.34. The van der Waals surface area contributed by atoms with Crippen LogP contribution in [-0.4, -0.2) is 18.0 Å². The zero-order chi connectivity index (χ0) is 17.1. The summed E-state index contributed by atoms with van der Waals surface area (Å²) in [5.41, 5.74) is 5.29. The first kappa shape index (κ1) is 20.8. The Labute approximate surface area is 146 Å². The van der Waals surface area contributed by atoms with Crippen molar-refractivity contribution in [3.8, 4) is 0 Å².